The predicted octanol–water partition coefficient (Wildman–Crippen LogP) is 0.175. The van der Waals surface area contributed by atoms with E-state index in [1.54, 1.807) is 4.68 Å². The Morgan fingerprint density at radius 2 is 2.31 bits per heavy atom. The number of aryl methyl sites for hydroxylation is 1. The first-order chi connectivity index (χ1) is 7.44. The number of nitrogens with one attached hydrogen (secondary N) is 1. The number of nitrogens with two attached hydrogens (primary N) is 1. The van der Waals surface area contributed by atoms with E-state index in [2.05, 4.69) is 10.4 Å². The van der Waals surface area contributed by atoms with Crippen molar-refractivity contribution in [3.05, 3.63) is 6.20 Å². The molecule has 1 heterocycles. The van der Waals surface area contributed by atoms with E-state index in [1.807, 2.05) is 6.92 Å². The summed E-state index contributed by atoms with van der Waals surface area (Å²) in [6, 6.07) is 0. The molecular formula is C8H16N4O3S. The summed E-state index contributed by atoms with van der Waals surface area (Å²) in [6.45, 7) is 3.02. The van der Waals surface area contributed by atoms with Crippen LogP contribution < -0.4 is 11.1 Å². The molecular weight excluding hydrogens is 232 g/mol. The normalized spacial score (nSPS) is 11.6. The van der Waals surface area contributed by atoms with Gasteiger partial charge in [-0.1, -0.05) is 0 Å². The molecule has 7 nitrogen and oxygen atoms in total. The minimum Gasteiger partial charge on any atom is -0.394 e. The van der Waals surface area contributed by atoms with E-state index in [0.29, 0.717) is 31.0 Å². The van der Waals surface area contributed by atoms with Gasteiger partial charge in [-0.05, 0) is 13.3 Å². The van der Waals surface area contributed by atoms with E-state index in [-0.39, 0.29) is 5.75 Å². The summed E-state index contributed by atoms with van der Waals surface area (Å²) >= 11 is 0. The molecule has 0 radical (unpaired) electrons. The Morgan fingerprint density at radius 1 is 1.62 bits per heavy atom. The lowest BCUT2D eigenvalue weighted by Gasteiger charge is -2.08. The van der Waals surface area contributed by atoms with Crippen LogP contribution in [0.4, 0.5) is 11.5 Å². The van der Waals surface area contributed by atoms with Crippen LogP contribution in [0, 0.1) is 0 Å². The van der Waals surface area contributed by atoms with Crippen LogP contribution in [-0.2, 0) is 16.7 Å². The molecule has 92 valence electrons. The van der Waals surface area contributed by atoms with Gasteiger partial charge in [-0.2, -0.15) is 13.5 Å². The van der Waals surface area contributed by atoms with Crippen LogP contribution in [-0.4, -0.2) is 35.0 Å². The zero-order valence-electron chi connectivity index (χ0n) is 9.05. The molecule has 4 N–H and O–H groups in total. The van der Waals surface area contributed by atoms with Gasteiger partial charge in [0.1, 0.15) is 5.82 Å². The molecule has 0 atom stereocenters. The molecule has 0 aliphatic rings. The van der Waals surface area contributed by atoms with E-state index in [4.69, 9.17) is 10.3 Å². The highest BCUT2D eigenvalue weighted by Gasteiger charge is 2.09. The van der Waals surface area contributed by atoms with Crippen LogP contribution in [0.25, 0.3) is 0 Å². The third kappa shape index (κ3) is 3.70. The van der Waals surface area contributed by atoms with Gasteiger partial charge in [-0.25, -0.2) is 4.68 Å². The molecule has 0 aliphatic carbocycles. The van der Waals surface area contributed by atoms with Crippen molar-refractivity contribution >= 4 is 21.6 Å². The summed E-state index contributed by atoms with van der Waals surface area (Å²) < 4.78 is 31.2. The predicted molar refractivity (Wildman–Crippen MR) is 61.8 cm³/mol. The van der Waals surface area contributed by atoms with E-state index < -0.39 is 10.1 Å². The van der Waals surface area contributed by atoms with Crippen molar-refractivity contribution < 1.29 is 13.0 Å². The second-order valence-electron chi connectivity index (χ2n) is 3.34. The lowest BCUT2D eigenvalue weighted by atomic mass is 10.4. The minimum absolute atomic E-state index is 0.279. The van der Waals surface area contributed by atoms with Crippen molar-refractivity contribution in [3.63, 3.8) is 0 Å². The standard InChI is InChI=1S/C8H16N4O3S/c1-2-10-8-7(9)6-11-12(8)4-3-5-16(13,14)15/h6,10H,2-5,9H2,1H3,(H,13,14,15). The molecule has 0 unspecified atom stereocenters. The Hall–Kier alpha value is -1.28. The Labute approximate surface area is 94.4 Å². The molecule has 1 aromatic rings. The van der Waals surface area contributed by atoms with Gasteiger partial charge in [-0.15, -0.1) is 0 Å². The largest absolute Gasteiger partial charge is 0.394 e. The van der Waals surface area contributed by atoms with Gasteiger partial charge in [0.15, 0.2) is 0 Å². The maximum atomic E-state index is 10.5. The van der Waals surface area contributed by atoms with Crippen LogP contribution in [0.3, 0.4) is 0 Å². The van der Waals surface area contributed by atoms with E-state index in [1.165, 1.54) is 6.20 Å². The van der Waals surface area contributed by atoms with Crippen molar-refractivity contribution in [1.29, 1.82) is 0 Å². The van der Waals surface area contributed by atoms with Crippen LogP contribution in [0.1, 0.15) is 13.3 Å². The van der Waals surface area contributed by atoms with Crippen molar-refractivity contribution in [1.82, 2.24) is 9.78 Å². The highest BCUT2D eigenvalue weighted by molar-refractivity contribution is 7.85. The van der Waals surface area contributed by atoms with Crippen LogP contribution in [0.2, 0.25) is 0 Å². The minimum atomic E-state index is -3.91. The fraction of sp³-hybridized carbons (Fsp3) is 0.625. The number of anilines is 2. The van der Waals surface area contributed by atoms with Crippen molar-refractivity contribution in [2.24, 2.45) is 0 Å². The van der Waals surface area contributed by atoms with E-state index in [9.17, 15) is 8.42 Å². The Bertz CT molecular complexity index is 440. The first-order valence-corrected chi connectivity index (χ1v) is 6.55. The van der Waals surface area contributed by atoms with Gasteiger partial charge in [0.2, 0.25) is 0 Å². The molecule has 0 saturated heterocycles. The van der Waals surface area contributed by atoms with Gasteiger partial charge in [-0.3, -0.25) is 4.55 Å². The van der Waals surface area contributed by atoms with Crippen LogP contribution in [0.5, 0.6) is 0 Å². The van der Waals surface area contributed by atoms with Crippen molar-refractivity contribution in [3.8, 4) is 0 Å². The second kappa shape index (κ2) is 5.17. The quantitative estimate of drug-likeness (QED) is 0.619. The number of hydrogen-bond donors (Lipinski definition) is 3. The first-order valence-electron chi connectivity index (χ1n) is 4.94. The SMILES string of the molecule is CCNc1c(N)cnn1CCCS(=O)(=O)O. The lowest BCUT2D eigenvalue weighted by Crippen LogP contribution is -2.12. The third-order valence-electron chi connectivity index (χ3n) is 1.98. The van der Waals surface area contributed by atoms with Gasteiger partial charge < -0.3 is 11.1 Å². The molecule has 1 rings (SSSR count). The molecule has 0 spiro atoms. The van der Waals surface area contributed by atoms with Crippen LogP contribution in [0.15, 0.2) is 6.20 Å². The topological polar surface area (TPSA) is 110 Å². The zero-order chi connectivity index (χ0) is 12.2. The van der Waals surface area contributed by atoms with Crippen LogP contribution >= 0.6 is 0 Å². The number of nitrogen functional groups attached to an aromatic ring is 1. The smallest absolute Gasteiger partial charge is 0.264 e. The van der Waals surface area contributed by atoms with Crippen molar-refractivity contribution in [2.45, 2.75) is 19.9 Å². The fourth-order valence-electron chi connectivity index (χ4n) is 1.33. The molecule has 0 bridgehead atoms. The summed E-state index contributed by atoms with van der Waals surface area (Å²) in [6.07, 6.45) is 1.80. The average Bonchev–Trinajstić information content (AvgIpc) is 2.48. The molecule has 0 aromatic carbocycles. The molecule has 0 saturated carbocycles. The first kappa shape index (κ1) is 12.8. The van der Waals surface area contributed by atoms with Gasteiger partial charge in [0.25, 0.3) is 10.1 Å². The maximum Gasteiger partial charge on any atom is 0.264 e. The Morgan fingerprint density at radius 3 is 2.88 bits per heavy atom. The summed E-state index contributed by atoms with van der Waals surface area (Å²) in [5.41, 5.74) is 6.19. The number of aromatic nitrogens is 2. The van der Waals surface area contributed by atoms with Gasteiger partial charge >= 0.3 is 0 Å². The lowest BCUT2D eigenvalue weighted by molar-refractivity contribution is 0.476. The molecule has 8 heteroatoms. The van der Waals surface area contributed by atoms with Gasteiger partial charge in [0, 0.05) is 13.1 Å². The van der Waals surface area contributed by atoms with E-state index in [0.717, 1.165) is 0 Å². The second-order valence-corrected chi connectivity index (χ2v) is 4.91. The third-order valence-corrected chi connectivity index (χ3v) is 2.79. The average molecular weight is 248 g/mol. The molecule has 1 aromatic heterocycles. The zero-order valence-corrected chi connectivity index (χ0v) is 9.87. The monoisotopic (exact) mass is 248 g/mol. The Kier molecular flexibility index (Phi) is 4.13. The van der Waals surface area contributed by atoms with E-state index >= 15 is 0 Å². The molecule has 0 amide bonds. The summed E-state index contributed by atoms with van der Waals surface area (Å²) in [4.78, 5) is 0. The Balaban J connectivity index is 2.60. The number of rotatable bonds is 6. The molecule has 0 aliphatic heterocycles. The summed E-state index contributed by atoms with van der Waals surface area (Å²) in [5.74, 6) is 0.399. The van der Waals surface area contributed by atoms with Gasteiger partial charge in [0.05, 0.1) is 17.6 Å². The maximum absolute atomic E-state index is 10.5. The number of hydrogen-bond acceptors (Lipinski definition) is 5. The fourth-order valence-corrected chi connectivity index (χ4v) is 1.82. The molecule has 16 heavy (non-hydrogen) atoms. The van der Waals surface area contributed by atoms with Crippen molar-refractivity contribution in [2.75, 3.05) is 23.3 Å². The molecule has 0 fully saturated rings. The summed E-state index contributed by atoms with van der Waals surface area (Å²) in [5, 5.41) is 7.04. The number of nitrogens with zero attached hydrogens (tertiary/aromatic N) is 2. The summed E-state index contributed by atoms with van der Waals surface area (Å²) in [7, 11) is -3.91. The highest BCUT2D eigenvalue weighted by Crippen LogP contribution is 2.17. The highest BCUT2D eigenvalue weighted by atomic mass is 32.2.